The largest absolute Gasteiger partial charge is 0.340 e. The van der Waals surface area contributed by atoms with E-state index in [9.17, 15) is 4.79 Å². The summed E-state index contributed by atoms with van der Waals surface area (Å²) in [5, 5.41) is 0. The van der Waals surface area contributed by atoms with Gasteiger partial charge in [-0.2, -0.15) is 0 Å². The molecule has 1 saturated heterocycles. The van der Waals surface area contributed by atoms with Crippen molar-refractivity contribution in [3.05, 3.63) is 0 Å². The lowest BCUT2D eigenvalue weighted by atomic mass is 10.3. The van der Waals surface area contributed by atoms with Crippen LogP contribution in [0.3, 0.4) is 0 Å². The molecule has 4 heteroatoms. The van der Waals surface area contributed by atoms with Gasteiger partial charge in [0, 0.05) is 30.9 Å². The summed E-state index contributed by atoms with van der Waals surface area (Å²) in [7, 11) is 0. The van der Waals surface area contributed by atoms with Crippen molar-refractivity contribution in [2.24, 2.45) is 0 Å². The number of likely N-dealkylation sites (tertiary alicyclic amines) is 1. The van der Waals surface area contributed by atoms with Gasteiger partial charge in [0.05, 0.1) is 0 Å². The normalized spacial score (nSPS) is 21.1. The molecule has 94 valence electrons. The number of amides is 1. The van der Waals surface area contributed by atoms with E-state index in [1.807, 2.05) is 4.90 Å². The average molecular weight is 291 g/mol. The predicted molar refractivity (Wildman–Crippen MR) is 70.9 cm³/mol. The Balaban J connectivity index is 2.28. The SMILES string of the molecule is CCCN(CCC)CCN1CC(Br)CC1=O. The van der Waals surface area contributed by atoms with E-state index in [4.69, 9.17) is 0 Å². The molecule has 1 fully saturated rings. The smallest absolute Gasteiger partial charge is 0.223 e. The number of nitrogens with zero attached hydrogens (tertiary/aromatic N) is 2. The minimum atomic E-state index is 0.301. The van der Waals surface area contributed by atoms with Crippen molar-refractivity contribution >= 4 is 21.8 Å². The van der Waals surface area contributed by atoms with Gasteiger partial charge in [0.25, 0.3) is 0 Å². The molecule has 0 spiro atoms. The minimum absolute atomic E-state index is 0.301. The van der Waals surface area contributed by atoms with E-state index in [-0.39, 0.29) is 0 Å². The van der Waals surface area contributed by atoms with Gasteiger partial charge >= 0.3 is 0 Å². The van der Waals surface area contributed by atoms with Crippen molar-refractivity contribution in [1.29, 1.82) is 0 Å². The average Bonchev–Trinajstić information content (AvgIpc) is 2.54. The first-order valence-corrected chi connectivity index (χ1v) is 7.23. The molecule has 3 nitrogen and oxygen atoms in total. The number of rotatable bonds is 7. The van der Waals surface area contributed by atoms with Crippen molar-refractivity contribution < 1.29 is 4.79 Å². The third kappa shape index (κ3) is 4.42. The van der Waals surface area contributed by atoms with Crippen LogP contribution in [0, 0.1) is 0 Å². The molecule has 0 bridgehead atoms. The molecular weight excluding hydrogens is 268 g/mol. The second-order valence-corrected chi connectivity index (χ2v) is 5.78. The van der Waals surface area contributed by atoms with Crippen LogP contribution in [-0.4, -0.2) is 53.3 Å². The summed E-state index contributed by atoms with van der Waals surface area (Å²) in [5.74, 6) is 0.301. The quantitative estimate of drug-likeness (QED) is 0.671. The number of halogens is 1. The van der Waals surface area contributed by atoms with Gasteiger partial charge in [-0.05, 0) is 25.9 Å². The Morgan fingerprint density at radius 3 is 2.38 bits per heavy atom. The fraction of sp³-hybridized carbons (Fsp3) is 0.917. The first kappa shape index (κ1) is 14.0. The molecule has 1 unspecified atom stereocenters. The molecule has 0 aliphatic carbocycles. The van der Waals surface area contributed by atoms with E-state index in [0.717, 1.165) is 32.7 Å². The van der Waals surface area contributed by atoms with Gasteiger partial charge in [0.15, 0.2) is 0 Å². The number of carbonyl (C=O) groups excluding carboxylic acids is 1. The Bertz CT molecular complexity index is 217. The maximum absolute atomic E-state index is 11.6. The third-order valence-electron chi connectivity index (χ3n) is 2.93. The molecule has 1 amide bonds. The highest BCUT2D eigenvalue weighted by atomic mass is 79.9. The molecule has 1 heterocycles. The fourth-order valence-electron chi connectivity index (χ4n) is 2.17. The van der Waals surface area contributed by atoms with Gasteiger partial charge in [-0.15, -0.1) is 0 Å². The van der Waals surface area contributed by atoms with Crippen LogP contribution in [0.1, 0.15) is 33.1 Å². The molecule has 0 radical (unpaired) electrons. The van der Waals surface area contributed by atoms with E-state index in [1.54, 1.807) is 0 Å². The van der Waals surface area contributed by atoms with Crippen molar-refractivity contribution in [1.82, 2.24) is 9.80 Å². The van der Waals surface area contributed by atoms with Crippen molar-refractivity contribution in [2.75, 3.05) is 32.7 Å². The molecule has 0 aromatic heterocycles. The molecule has 16 heavy (non-hydrogen) atoms. The van der Waals surface area contributed by atoms with Crippen LogP contribution >= 0.6 is 15.9 Å². The van der Waals surface area contributed by atoms with Gasteiger partial charge in [0.2, 0.25) is 5.91 Å². The van der Waals surface area contributed by atoms with Gasteiger partial charge in [-0.3, -0.25) is 4.79 Å². The first-order chi connectivity index (χ1) is 7.67. The Hall–Kier alpha value is -0.0900. The fourth-order valence-corrected chi connectivity index (χ4v) is 2.80. The summed E-state index contributed by atoms with van der Waals surface area (Å²) in [6, 6.07) is 0. The molecule has 0 N–H and O–H groups in total. The summed E-state index contributed by atoms with van der Waals surface area (Å²) in [6.07, 6.45) is 3.05. The number of hydrogen-bond donors (Lipinski definition) is 0. The van der Waals surface area contributed by atoms with Crippen molar-refractivity contribution in [2.45, 2.75) is 37.9 Å². The van der Waals surface area contributed by atoms with E-state index in [0.29, 0.717) is 17.2 Å². The second kappa shape index (κ2) is 7.28. The van der Waals surface area contributed by atoms with Crippen LogP contribution in [-0.2, 0) is 4.79 Å². The number of alkyl halides is 1. The molecule has 1 atom stereocenters. The van der Waals surface area contributed by atoms with E-state index in [1.165, 1.54) is 12.8 Å². The Labute approximate surface area is 107 Å². The van der Waals surface area contributed by atoms with Crippen LogP contribution in [0.15, 0.2) is 0 Å². The Morgan fingerprint density at radius 1 is 1.31 bits per heavy atom. The zero-order chi connectivity index (χ0) is 12.0. The van der Waals surface area contributed by atoms with Crippen LogP contribution in [0.5, 0.6) is 0 Å². The van der Waals surface area contributed by atoms with E-state index < -0.39 is 0 Å². The van der Waals surface area contributed by atoms with Gasteiger partial charge in [-0.25, -0.2) is 0 Å². The van der Waals surface area contributed by atoms with Crippen molar-refractivity contribution in [3.8, 4) is 0 Å². The highest BCUT2D eigenvalue weighted by Gasteiger charge is 2.27. The second-order valence-electron chi connectivity index (χ2n) is 4.48. The zero-order valence-corrected chi connectivity index (χ0v) is 12.0. The molecule has 1 rings (SSSR count). The first-order valence-electron chi connectivity index (χ1n) is 6.31. The highest BCUT2D eigenvalue weighted by molar-refractivity contribution is 9.09. The maximum atomic E-state index is 11.6. The standard InChI is InChI=1S/C12H23BrN2O/c1-3-5-14(6-4-2)7-8-15-10-11(13)9-12(15)16/h11H,3-10H2,1-2H3. The minimum Gasteiger partial charge on any atom is -0.340 e. The van der Waals surface area contributed by atoms with Crippen LogP contribution in [0.4, 0.5) is 0 Å². The lowest BCUT2D eigenvalue weighted by molar-refractivity contribution is -0.127. The monoisotopic (exact) mass is 290 g/mol. The van der Waals surface area contributed by atoms with Crippen LogP contribution < -0.4 is 0 Å². The summed E-state index contributed by atoms with van der Waals surface area (Å²) in [6.45, 7) is 9.50. The molecular formula is C12H23BrN2O. The molecule has 0 saturated carbocycles. The Kier molecular flexibility index (Phi) is 6.36. The van der Waals surface area contributed by atoms with Crippen LogP contribution in [0.25, 0.3) is 0 Å². The lowest BCUT2D eigenvalue weighted by Gasteiger charge is -2.24. The van der Waals surface area contributed by atoms with E-state index in [2.05, 4.69) is 34.7 Å². The summed E-state index contributed by atoms with van der Waals surface area (Å²) >= 11 is 3.51. The lowest BCUT2D eigenvalue weighted by Crippen LogP contribution is -2.36. The van der Waals surface area contributed by atoms with Gasteiger partial charge in [0.1, 0.15) is 0 Å². The Morgan fingerprint density at radius 2 is 1.94 bits per heavy atom. The predicted octanol–water partition coefficient (Wildman–Crippen LogP) is 2.10. The summed E-state index contributed by atoms with van der Waals surface area (Å²) < 4.78 is 0. The van der Waals surface area contributed by atoms with Crippen molar-refractivity contribution in [3.63, 3.8) is 0 Å². The molecule has 1 aliphatic heterocycles. The highest BCUT2D eigenvalue weighted by Crippen LogP contribution is 2.17. The van der Waals surface area contributed by atoms with Gasteiger partial charge < -0.3 is 9.80 Å². The van der Waals surface area contributed by atoms with E-state index >= 15 is 0 Å². The summed E-state index contributed by atoms with van der Waals surface area (Å²) in [5.41, 5.74) is 0. The summed E-state index contributed by atoms with van der Waals surface area (Å²) in [4.78, 5) is 16.4. The topological polar surface area (TPSA) is 23.6 Å². The number of hydrogen-bond acceptors (Lipinski definition) is 2. The zero-order valence-electron chi connectivity index (χ0n) is 10.4. The van der Waals surface area contributed by atoms with Gasteiger partial charge in [-0.1, -0.05) is 29.8 Å². The molecule has 1 aliphatic rings. The third-order valence-corrected chi connectivity index (χ3v) is 3.55. The molecule has 0 aromatic rings. The maximum Gasteiger partial charge on any atom is 0.223 e. The van der Waals surface area contributed by atoms with Crippen LogP contribution in [0.2, 0.25) is 0 Å². The number of carbonyl (C=O) groups is 1. The molecule has 0 aromatic carbocycles.